The Hall–Kier alpha value is -2.72. The molecule has 0 radical (unpaired) electrons. The van der Waals surface area contributed by atoms with Gasteiger partial charge in [0.15, 0.2) is 0 Å². The SMILES string of the molecule is Cc1cc(-c2ccc(NC(=O)Cc3ccc(F)cc3Cl)cc2)ccn1. The first-order valence-electron chi connectivity index (χ1n) is 7.78. The number of halogens is 2. The van der Waals surface area contributed by atoms with Crippen molar-refractivity contribution in [1.29, 1.82) is 0 Å². The molecule has 0 aliphatic rings. The first-order chi connectivity index (χ1) is 12.0. The van der Waals surface area contributed by atoms with Crippen molar-refractivity contribution in [2.24, 2.45) is 0 Å². The second kappa shape index (κ2) is 7.45. The molecule has 0 saturated carbocycles. The molecule has 0 aliphatic carbocycles. The number of pyridine rings is 1. The Kier molecular flexibility index (Phi) is 5.10. The van der Waals surface area contributed by atoms with E-state index in [2.05, 4.69) is 10.3 Å². The third-order valence-electron chi connectivity index (χ3n) is 3.76. The largest absolute Gasteiger partial charge is 0.326 e. The fourth-order valence-electron chi connectivity index (χ4n) is 2.51. The normalized spacial score (nSPS) is 10.5. The van der Waals surface area contributed by atoms with Crippen LogP contribution in [0.3, 0.4) is 0 Å². The molecular weight excluding hydrogens is 339 g/mol. The minimum atomic E-state index is -0.420. The number of amides is 1. The lowest BCUT2D eigenvalue weighted by Gasteiger charge is -2.08. The third-order valence-corrected chi connectivity index (χ3v) is 4.12. The van der Waals surface area contributed by atoms with Crippen LogP contribution in [0.2, 0.25) is 5.02 Å². The van der Waals surface area contributed by atoms with Gasteiger partial charge in [0.1, 0.15) is 5.82 Å². The zero-order chi connectivity index (χ0) is 17.8. The Bertz CT molecular complexity index is 910. The van der Waals surface area contributed by atoms with Gasteiger partial charge in [-0.15, -0.1) is 0 Å². The minimum absolute atomic E-state index is 0.0877. The van der Waals surface area contributed by atoms with Gasteiger partial charge in [0.2, 0.25) is 5.91 Å². The average Bonchev–Trinajstić information content (AvgIpc) is 2.58. The summed E-state index contributed by atoms with van der Waals surface area (Å²) in [6.45, 7) is 1.94. The van der Waals surface area contributed by atoms with E-state index in [0.29, 0.717) is 11.3 Å². The summed E-state index contributed by atoms with van der Waals surface area (Å²) in [4.78, 5) is 16.3. The lowest BCUT2D eigenvalue weighted by atomic mass is 10.1. The molecule has 0 bridgehead atoms. The summed E-state index contributed by atoms with van der Waals surface area (Å²) < 4.78 is 13.0. The van der Waals surface area contributed by atoms with Crippen LogP contribution in [0, 0.1) is 12.7 Å². The van der Waals surface area contributed by atoms with E-state index in [1.54, 1.807) is 6.20 Å². The summed E-state index contributed by atoms with van der Waals surface area (Å²) in [6, 6.07) is 15.5. The number of nitrogens with one attached hydrogen (secondary N) is 1. The monoisotopic (exact) mass is 354 g/mol. The number of nitrogens with zero attached hydrogens (tertiary/aromatic N) is 1. The molecule has 0 aliphatic heterocycles. The van der Waals surface area contributed by atoms with Crippen LogP contribution in [-0.2, 0) is 11.2 Å². The maximum atomic E-state index is 13.0. The highest BCUT2D eigenvalue weighted by molar-refractivity contribution is 6.31. The molecule has 1 amide bonds. The Balaban J connectivity index is 1.67. The van der Waals surface area contributed by atoms with E-state index >= 15 is 0 Å². The predicted octanol–water partition coefficient (Wildman–Crippen LogP) is 5.03. The number of aryl methyl sites for hydroxylation is 1. The molecule has 2 aromatic carbocycles. The van der Waals surface area contributed by atoms with E-state index < -0.39 is 5.82 Å². The van der Waals surface area contributed by atoms with E-state index in [9.17, 15) is 9.18 Å². The molecule has 3 aromatic rings. The van der Waals surface area contributed by atoms with Crippen LogP contribution < -0.4 is 5.32 Å². The molecule has 1 aromatic heterocycles. The zero-order valence-corrected chi connectivity index (χ0v) is 14.3. The maximum Gasteiger partial charge on any atom is 0.228 e. The van der Waals surface area contributed by atoms with Crippen molar-refractivity contribution in [3.63, 3.8) is 0 Å². The van der Waals surface area contributed by atoms with Gasteiger partial charge in [-0.25, -0.2) is 4.39 Å². The number of rotatable bonds is 4. The molecule has 0 fully saturated rings. The molecule has 0 saturated heterocycles. The Morgan fingerprint density at radius 3 is 2.52 bits per heavy atom. The lowest BCUT2D eigenvalue weighted by molar-refractivity contribution is -0.115. The predicted molar refractivity (Wildman–Crippen MR) is 98.2 cm³/mol. The quantitative estimate of drug-likeness (QED) is 0.714. The Morgan fingerprint density at radius 1 is 1.08 bits per heavy atom. The summed E-state index contributed by atoms with van der Waals surface area (Å²) >= 11 is 5.95. The van der Waals surface area contributed by atoms with Crippen molar-refractivity contribution in [3.05, 3.63) is 82.9 Å². The van der Waals surface area contributed by atoms with Crippen LogP contribution >= 0.6 is 11.6 Å². The van der Waals surface area contributed by atoms with E-state index in [1.807, 2.05) is 43.3 Å². The molecule has 3 rings (SSSR count). The van der Waals surface area contributed by atoms with Crippen LogP contribution in [-0.4, -0.2) is 10.9 Å². The zero-order valence-electron chi connectivity index (χ0n) is 13.6. The summed E-state index contributed by atoms with van der Waals surface area (Å²) in [6.07, 6.45) is 1.86. The summed E-state index contributed by atoms with van der Waals surface area (Å²) in [5.74, 6) is -0.628. The topological polar surface area (TPSA) is 42.0 Å². The molecule has 1 heterocycles. The van der Waals surface area contributed by atoms with Crippen LogP contribution in [0.15, 0.2) is 60.8 Å². The van der Waals surface area contributed by atoms with Gasteiger partial charge in [-0.2, -0.15) is 0 Å². The summed E-state index contributed by atoms with van der Waals surface area (Å²) in [7, 11) is 0. The van der Waals surface area contributed by atoms with E-state index in [0.717, 1.165) is 16.8 Å². The number of hydrogen-bond acceptors (Lipinski definition) is 2. The van der Waals surface area contributed by atoms with Crippen LogP contribution in [0.4, 0.5) is 10.1 Å². The van der Waals surface area contributed by atoms with Crippen molar-refractivity contribution in [2.75, 3.05) is 5.32 Å². The smallest absolute Gasteiger partial charge is 0.228 e. The number of carbonyl (C=O) groups is 1. The van der Waals surface area contributed by atoms with Gasteiger partial charge in [-0.1, -0.05) is 29.8 Å². The van der Waals surface area contributed by atoms with Crippen molar-refractivity contribution >= 4 is 23.2 Å². The second-order valence-electron chi connectivity index (χ2n) is 5.72. The first-order valence-corrected chi connectivity index (χ1v) is 8.16. The lowest BCUT2D eigenvalue weighted by Crippen LogP contribution is -2.14. The van der Waals surface area contributed by atoms with Gasteiger partial charge in [0.05, 0.1) is 6.42 Å². The van der Waals surface area contributed by atoms with Gasteiger partial charge in [0.25, 0.3) is 0 Å². The number of hydrogen-bond donors (Lipinski definition) is 1. The average molecular weight is 355 g/mol. The van der Waals surface area contributed by atoms with Gasteiger partial charge in [-0.3, -0.25) is 9.78 Å². The molecule has 0 atom stereocenters. The summed E-state index contributed by atoms with van der Waals surface area (Å²) in [5, 5.41) is 3.07. The van der Waals surface area contributed by atoms with Crippen molar-refractivity contribution < 1.29 is 9.18 Å². The third kappa shape index (κ3) is 4.43. The van der Waals surface area contributed by atoms with Crippen molar-refractivity contribution in [1.82, 2.24) is 4.98 Å². The molecule has 126 valence electrons. The fraction of sp³-hybridized carbons (Fsp3) is 0.100. The van der Waals surface area contributed by atoms with Crippen LogP contribution in [0.5, 0.6) is 0 Å². The highest BCUT2D eigenvalue weighted by Gasteiger charge is 2.09. The van der Waals surface area contributed by atoms with E-state index in [4.69, 9.17) is 11.6 Å². The van der Waals surface area contributed by atoms with Crippen molar-refractivity contribution in [2.45, 2.75) is 13.3 Å². The van der Waals surface area contributed by atoms with E-state index in [-0.39, 0.29) is 17.4 Å². The van der Waals surface area contributed by atoms with Gasteiger partial charge >= 0.3 is 0 Å². The van der Waals surface area contributed by atoms with E-state index in [1.165, 1.54) is 18.2 Å². The highest BCUT2D eigenvalue weighted by Crippen LogP contribution is 2.22. The molecular formula is C20H16ClFN2O. The molecule has 1 N–H and O–H groups in total. The van der Waals surface area contributed by atoms with Gasteiger partial charge < -0.3 is 5.32 Å². The molecule has 0 spiro atoms. The first kappa shape index (κ1) is 17.1. The number of anilines is 1. The number of carbonyl (C=O) groups excluding carboxylic acids is 1. The van der Waals surface area contributed by atoms with Crippen LogP contribution in [0.1, 0.15) is 11.3 Å². The molecule has 25 heavy (non-hydrogen) atoms. The highest BCUT2D eigenvalue weighted by atomic mass is 35.5. The Labute approximate surface area is 150 Å². The van der Waals surface area contributed by atoms with Gasteiger partial charge in [0, 0.05) is 22.6 Å². The number of aromatic nitrogens is 1. The van der Waals surface area contributed by atoms with Crippen LogP contribution in [0.25, 0.3) is 11.1 Å². The molecule has 5 heteroatoms. The Morgan fingerprint density at radius 2 is 1.84 bits per heavy atom. The fourth-order valence-corrected chi connectivity index (χ4v) is 2.75. The van der Waals surface area contributed by atoms with Gasteiger partial charge in [-0.05, 0) is 60.0 Å². The standard InChI is InChI=1S/C20H16ClFN2O/c1-13-10-15(8-9-23-13)14-3-6-18(7-4-14)24-20(25)11-16-2-5-17(22)12-19(16)21/h2-10,12H,11H2,1H3,(H,24,25). The number of benzene rings is 2. The second-order valence-corrected chi connectivity index (χ2v) is 6.13. The summed E-state index contributed by atoms with van der Waals surface area (Å²) in [5.41, 5.74) is 4.35. The van der Waals surface area contributed by atoms with Crippen molar-refractivity contribution in [3.8, 4) is 11.1 Å². The maximum absolute atomic E-state index is 13.0. The minimum Gasteiger partial charge on any atom is -0.326 e. The molecule has 0 unspecified atom stereocenters. The molecule has 3 nitrogen and oxygen atoms in total.